The molecule has 0 saturated carbocycles. The Morgan fingerprint density at radius 1 is 1.64 bits per heavy atom. The molecule has 2 N–H and O–H groups in total. The second kappa shape index (κ2) is 4.55. The van der Waals surface area contributed by atoms with Crippen LogP contribution in [0.25, 0.3) is 0 Å². The number of hydrogen-bond donors (Lipinski definition) is 2. The molecule has 1 amide bonds. The highest BCUT2D eigenvalue weighted by Gasteiger charge is 2.04. The number of aryl methyl sites for hydroxylation is 1. The minimum atomic E-state index is -0.456. The van der Waals surface area contributed by atoms with E-state index in [0.29, 0.717) is 12.2 Å². The Morgan fingerprint density at radius 3 is 3.00 bits per heavy atom. The molecule has 0 aliphatic rings. The lowest BCUT2D eigenvalue weighted by Crippen LogP contribution is -2.18. The molecular formula is C9H13N3O2. The fraction of sp³-hybridized carbons (Fsp3) is 0.444. The number of hydrogen-bond acceptors (Lipinski definition) is 3. The summed E-state index contributed by atoms with van der Waals surface area (Å²) in [6.07, 6.45) is 2.66. The van der Waals surface area contributed by atoms with E-state index >= 15 is 0 Å². The SMILES string of the molecule is CCCC(=O)Nc1[nH]c(=O)ncc1C. The first-order chi connectivity index (χ1) is 6.63. The summed E-state index contributed by atoms with van der Waals surface area (Å²) >= 11 is 0. The normalized spacial score (nSPS) is 9.86. The van der Waals surface area contributed by atoms with Gasteiger partial charge in [-0.1, -0.05) is 6.92 Å². The van der Waals surface area contributed by atoms with E-state index in [1.807, 2.05) is 6.92 Å². The van der Waals surface area contributed by atoms with Crippen molar-refractivity contribution < 1.29 is 4.79 Å². The third-order valence-corrected chi connectivity index (χ3v) is 1.74. The molecule has 0 radical (unpaired) electrons. The molecule has 0 aliphatic heterocycles. The Labute approximate surface area is 81.6 Å². The van der Waals surface area contributed by atoms with Crippen molar-refractivity contribution >= 4 is 11.7 Å². The predicted octanol–water partition coefficient (Wildman–Crippen LogP) is 0.817. The highest BCUT2D eigenvalue weighted by Crippen LogP contribution is 2.06. The van der Waals surface area contributed by atoms with Gasteiger partial charge < -0.3 is 5.32 Å². The molecule has 0 aliphatic carbocycles. The Morgan fingerprint density at radius 2 is 2.36 bits per heavy atom. The predicted molar refractivity (Wildman–Crippen MR) is 53.1 cm³/mol. The largest absolute Gasteiger partial charge is 0.346 e. The van der Waals surface area contributed by atoms with E-state index in [9.17, 15) is 9.59 Å². The first-order valence-electron chi connectivity index (χ1n) is 4.49. The maximum Gasteiger partial charge on any atom is 0.346 e. The minimum Gasteiger partial charge on any atom is -0.312 e. The van der Waals surface area contributed by atoms with E-state index in [1.165, 1.54) is 6.20 Å². The molecular weight excluding hydrogens is 182 g/mol. The van der Waals surface area contributed by atoms with Gasteiger partial charge in [0.15, 0.2) is 0 Å². The Balaban J connectivity index is 2.80. The second-order valence-electron chi connectivity index (χ2n) is 3.04. The van der Waals surface area contributed by atoms with Crippen LogP contribution in [0.15, 0.2) is 11.0 Å². The van der Waals surface area contributed by atoms with Gasteiger partial charge in [-0.05, 0) is 13.3 Å². The zero-order valence-corrected chi connectivity index (χ0v) is 8.26. The van der Waals surface area contributed by atoms with Crippen molar-refractivity contribution in [1.82, 2.24) is 9.97 Å². The molecule has 1 rings (SSSR count). The summed E-state index contributed by atoms with van der Waals surface area (Å²) in [4.78, 5) is 28.1. The molecule has 0 aromatic carbocycles. The van der Waals surface area contributed by atoms with E-state index < -0.39 is 5.69 Å². The van der Waals surface area contributed by atoms with Crippen LogP contribution in [-0.4, -0.2) is 15.9 Å². The average Bonchev–Trinajstić information content (AvgIpc) is 2.12. The lowest BCUT2D eigenvalue weighted by molar-refractivity contribution is -0.116. The zero-order chi connectivity index (χ0) is 10.6. The highest BCUT2D eigenvalue weighted by molar-refractivity contribution is 5.90. The number of nitrogens with zero attached hydrogens (tertiary/aromatic N) is 1. The minimum absolute atomic E-state index is 0.0996. The van der Waals surface area contributed by atoms with E-state index in [1.54, 1.807) is 6.92 Å². The molecule has 0 atom stereocenters. The van der Waals surface area contributed by atoms with Gasteiger partial charge in [0.05, 0.1) is 0 Å². The van der Waals surface area contributed by atoms with Gasteiger partial charge in [-0.25, -0.2) is 9.78 Å². The molecule has 0 unspecified atom stereocenters. The maximum atomic E-state index is 11.2. The van der Waals surface area contributed by atoms with Crippen molar-refractivity contribution in [1.29, 1.82) is 0 Å². The van der Waals surface area contributed by atoms with Gasteiger partial charge in [-0.2, -0.15) is 0 Å². The van der Waals surface area contributed by atoms with Crippen LogP contribution in [0.2, 0.25) is 0 Å². The van der Waals surface area contributed by atoms with Crippen molar-refractivity contribution in [2.24, 2.45) is 0 Å². The second-order valence-corrected chi connectivity index (χ2v) is 3.04. The number of nitrogens with one attached hydrogen (secondary N) is 2. The van der Waals surface area contributed by atoms with Crippen molar-refractivity contribution in [2.75, 3.05) is 5.32 Å². The molecule has 0 spiro atoms. The van der Waals surface area contributed by atoms with Gasteiger partial charge in [-0.15, -0.1) is 0 Å². The number of anilines is 1. The van der Waals surface area contributed by atoms with E-state index in [2.05, 4.69) is 15.3 Å². The summed E-state index contributed by atoms with van der Waals surface area (Å²) in [7, 11) is 0. The van der Waals surface area contributed by atoms with E-state index in [-0.39, 0.29) is 5.91 Å². The highest BCUT2D eigenvalue weighted by atomic mass is 16.2. The van der Waals surface area contributed by atoms with Gasteiger partial charge in [0.25, 0.3) is 0 Å². The fourth-order valence-electron chi connectivity index (χ4n) is 1.02. The van der Waals surface area contributed by atoms with Gasteiger partial charge in [0.2, 0.25) is 5.91 Å². The standard InChI is InChI=1S/C9H13N3O2/c1-3-4-7(13)11-8-6(2)5-10-9(14)12-8/h5H,3-4H2,1-2H3,(H2,10,11,12,13,14). The van der Waals surface area contributed by atoms with Crippen LogP contribution in [0.3, 0.4) is 0 Å². The molecule has 0 saturated heterocycles. The topological polar surface area (TPSA) is 74.8 Å². The van der Waals surface area contributed by atoms with Crippen LogP contribution in [0.4, 0.5) is 5.82 Å². The molecule has 14 heavy (non-hydrogen) atoms. The van der Waals surface area contributed by atoms with Crippen LogP contribution in [0.5, 0.6) is 0 Å². The molecule has 76 valence electrons. The van der Waals surface area contributed by atoms with Crippen LogP contribution >= 0.6 is 0 Å². The van der Waals surface area contributed by atoms with Crippen molar-refractivity contribution in [3.05, 3.63) is 22.2 Å². The molecule has 1 heterocycles. The van der Waals surface area contributed by atoms with Crippen molar-refractivity contribution in [2.45, 2.75) is 26.7 Å². The first kappa shape index (κ1) is 10.4. The van der Waals surface area contributed by atoms with Gasteiger partial charge in [-0.3, -0.25) is 9.78 Å². The van der Waals surface area contributed by atoms with Gasteiger partial charge in [0, 0.05) is 18.2 Å². The lowest BCUT2D eigenvalue weighted by Gasteiger charge is -2.05. The Hall–Kier alpha value is -1.65. The quantitative estimate of drug-likeness (QED) is 0.749. The van der Waals surface area contributed by atoms with Crippen molar-refractivity contribution in [3.8, 4) is 0 Å². The van der Waals surface area contributed by atoms with Crippen LogP contribution in [0, 0.1) is 6.92 Å². The molecule has 1 aromatic rings. The lowest BCUT2D eigenvalue weighted by atomic mass is 10.3. The fourth-order valence-corrected chi connectivity index (χ4v) is 1.02. The molecule has 0 fully saturated rings. The van der Waals surface area contributed by atoms with Crippen LogP contribution < -0.4 is 11.0 Å². The Kier molecular flexibility index (Phi) is 3.39. The average molecular weight is 195 g/mol. The summed E-state index contributed by atoms with van der Waals surface area (Å²) in [5.41, 5.74) is 0.288. The molecule has 5 heteroatoms. The summed E-state index contributed by atoms with van der Waals surface area (Å²) in [5, 5.41) is 2.62. The number of H-pyrrole nitrogens is 1. The van der Waals surface area contributed by atoms with Crippen LogP contribution in [-0.2, 0) is 4.79 Å². The molecule has 0 bridgehead atoms. The van der Waals surface area contributed by atoms with E-state index in [4.69, 9.17) is 0 Å². The zero-order valence-electron chi connectivity index (χ0n) is 8.26. The summed E-state index contributed by atoms with van der Waals surface area (Å²) < 4.78 is 0. The monoisotopic (exact) mass is 195 g/mol. The Bertz CT molecular complexity index is 384. The summed E-state index contributed by atoms with van der Waals surface area (Å²) in [6, 6.07) is 0. The molecule has 1 aromatic heterocycles. The van der Waals surface area contributed by atoms with Crippen LogP contribution in [0.1, 0.15) is 25.3 Å². The first-order valence-corrected chi connectivity index (χ1v) is 4.49. The maximum absolute atomic E-state index is 11.2. The van der Waals surface area contributed by atoms with E-state index in [0.717, 1.165) is 12.0 Å². The number of amides is 1. The van der Waals surface area contributed by atoms with Crippen molar-refractivity contribution in [3.63, 3.8) is 0 Å². The number of aromatic nitrogens is 2. The number of carbonyl (C=O) groups excluding carboxylic acids is 1. The number of aromatic amines is 1. The number of carbonyl (C=O) groups is 1. The van der Waals surface area contributed by atoms with Gasteiger partial charge >= 0.3 is 5.69 Å². The molecule has 5 nitrogen and oxygen atoms in total. The van der Waals surface area contributed by atoms with Gasteiger partial charge in [0.1, 0.15) is 5.82 Å². The third-order valence-electron chi connectivity index (χ3n) is 1.74. The summed E-state index contributed by atoms with van der Waals surface area (Å²) in [6.45, 7) is 3.69. The number of rotatable bonds is 3. The third kappa shape index (κ3) is 2.69. The summed E-state index contributed by atoms with van der Waals surface area (Å²) in [5.74, 6) is 0.334. The smallest absolute Gasteiger partial charge is 0.312 e.